The third-order valence-corrected chi connectivity index (χ3v) is 1.79. The van der Waals surface area contributed by atoms with E-state index in [1.807, 2.05) is 12.3 Å². The van der Waals surface area contributed by atoms with Gasteiger partial charge in [0, 0.05) is 6.42 Å². The van der Waals surface area contributed by atoms with E-state index >= 15 is 0 Å². The molecule has 58 valence electrons. The van der Waals surface area contributed by atoms with Crippen molar-refractivity contribution in [2.75, 3.05) is 12.2 Å². The maximum atomic E-state index is 9.03. The monoisotopic (exact) mass is 160 g/mol. The SMILES string of the molecule is CSCO[C@H]1C=C[C@@H](O)C1. The van der Waals surface area contributed by atoms with Crippen molar-refractivity contribution in [3.63, 3.8) is 0 Å². The summed E-state index contributed by atoms with van der Waals surface area (Å²) in [4.78, 5) is 0. The molecular weight excluding hydrogens is 148 g/mol. The summed E-state index contributed by atoms with van der Waals surface area (Å²) < 4.78 is 5.34. The summed E-state index contributed by atoms with van der Waals surface area (Å²) >= 11 is 1.65. The first-order valence-electron chi connectivity index (χ1n) is 3.30. The van der Waals surface area contributed by atoms with Crippen molar-refractivity contribution >= 4 is 11.8 Å². The van der Waals surface area contributed by atoms with Crippen LogP contribution in [0.4, 0.5) is 0 Å². The van der Waals surface area contributed by atoms with Gasteiger partial charge < -0.3 is 9.84 Å². The fraction of sp³-hybridized carbons (Fsp3) is 0.714. The van der Waals surface area contributed by atoms with E-state index in [4.69, 9.17) is 9.84 Å². The van der Waals surface area contributed by atoms with Gasteiger partial charge in [-0.1, -0.05) is 12.2 Å². The Kier molecular flexibility index (Phi) is 3.25. The summed E-state index contributed by atoms with van der Waals surface area (Å²) in [6, 6.07) is 0. The van der Waals surface area contributed by atoms with Gasteiger partial charge in [0.25, 0.3) is 0 Å². The quantitative estimate of drug-likeness (QED) is 0.493. The van der Waals surface area contributed by atoms with Gasteiger partial charge in [-0.05, 0) is 6.26 Å². The van der Waals surface area contributed by atoms with Crippen LogP contribution >= 0.6 is 11.8 Å². The first-order chi connectivity index (χ1) is 4.83. The highest BCUT2D eigenvalue weighted by atomic mass is 32.2. The summed E-state index contributed by atoms with van der Waals surface area (Å²) in [5.41, 5.74) is 0. The standard InChI is InChI=1S/C7H12O2S/c1-10-5-9-7-3-2-6(8)4-7/h2-3,6-8H,4-5H2,1H3/t6-,7+/m1/s1. The van der Waals surface area contributed by atoms with Crippen LogP contribution in [-0.2, 0) is 4.74 Å². The normalized spacial score (nSPS) is 31.4. The molecule has 2 atom stereocenters. The maximum Gasteiger partial charge on any atom is 0.0926 e. The predicted molar refractivity (Wildman–Crippen MR) is 43.0 cm³/mol. The molecule has 0 heterocycles. The van der Waals surface area contributed by atoms with Crippen LogP contribution in [0.3, 0.4) is 0 Å². The van der Waals surface area contributed by atoms with E-state index < -0.39 is 0 Å². The zero-order valence-electron chi connectivity index (χ0n) is 5.99. The summed E-state index contributed by atoms with van der Waals surface area (Å²) in [6.07, 6.45) is 6.27. The molecule has 0 saturated heterocycles. The smallest absolute Gasteiger partial charge is 0.0926 e. The molecule has 0 amide bonds. The third-order valence-electron chi connectivity index (χ3n) is 1.42. The van der Waals surface area contributed by atoms with Crippen LogP contribution in [0.5, 0.6) is 0 Å². The van der Waals surface area contributed by atoms with Gasteiger partial charge in [0.05, 0.1) is 18.1 Å². The topological polar surface area (TPSA) is 29.5 Å². The Morgan fingerprint density at radius 2 is 2.50 bits per heavy atom. The largest absolute Gasteiger partial charge is 0.389 e. The molecule has 0 aromatic heterocycles. The molecule has 0 unspecified atom stereocenters. The number of ether oxygens (including phenoxy) is 1. The second kappa shape index (κ2) is 4.01. The number of thioether (sulfide) groups is 1. The van der Waals surface area contributed by atoms with Crippen LogP contribution < -0.4 is 0 Å². The minimum absolute atomic E-state index is 0.141. The Bertz CT molecular complexity index is 125. The Morgan fingerprint density at radius 1 is 1.70 bits per heavy atom. The van der Waals surface area contributed by atoms with Crippen LogP contribution in [0.1, 0.15) is 6.42 Å². The van der Waals surface area contributed by atoms with Gasteiger partial charge in [0.15, 0.2) is 0 Å². The molecule has 2 nitrogen and oxygen atoms in total. The van der Waals surface area contributed by atoms with Crippen LogP contribution in [0.15, 0.2) is 12.2 Å². The third kappa shape index (κ3) is 2.33. The number of hydrogen-bond acceptors (Lipinski definition) is 3. The fourth-order valence-corrected chi connectivity index (χ4v) is 1.24. The molecule has 0 aliphatic heterocycles. The molecule has 1 aliphatic carbocycles. The van der Waals surface area contributed by atoms with E-state index in [9.17, 15) is 0 Å². The molecule has 0 radical (unpaired) electrons. The number of aliphatic hydroxyl groups excluding tert-OH is 1. The van der Waals surface area contributed by atoms with Gasteiger partial charge >= 0.3 is 0 Å². The average Bonchev–Trinajstić information content (AvgIpc) is 2.31. The number of aliphatic hydroxyl groups is 1. The van der Waals surface area contributed by atoms with Crippen molar-refractivity contribution in [1.82, 2.24) is 0 Å². The minimum Gasteiger partial charge on any atom is -0.389 e. The lowest BCUT2D eigenvalue weighted by molar-refractivity contribution is 0.0959. The molecule has 1 N–H and O–H groups in total. The van der Waals surface area contributed by atoms with E-state index in [0.717, 1.165) is 6.42 Å². The molecule has 0 saturated carbocycles. The Labute approximate surface area is 65.3 Å². The van der Waals surface area contributed by atoms with E-state index in [1.165, 1.54) is 0 Å². The van der Waals surface area contributed by atoms with Crippen molar-refractivity contribution in [3.05, 3.63) is 12.2 Å². The fourth-order valence-electron chi connectivity index (χ4n) is 0.926. The lowest BCUT2D eigenvalue weighted by Crippen LogP contribution is -2.10. The van der Waals surface area contributed by atoms with E-state index in [0.29, 0.717) is 5.94 Å². The van der Waals surface area contributed by atoms with Crippen molar-refractivity contribution in [3.8, 4) is 0 Å². The summed E-state index contributed by atoms with van der Waals surface area (Å²) in [7, 11) is 0. The molecule has 1 rings (SSSR count). The molecule has 0 aromatic rings. The Hall–Kier alpha value is 0.01000. The van der Waals surface area contributed by atoms with Crippen LogP contribution in [0, 0.1) is 0 Å². The zero-order valence-corrected chi connectivity index (χ0v) is 6.80. The first-order valence-corrected chi connectivity index (χ1v) is 4.69. The first kappa shape index (κ1) is 8.11. The van der Waals surface area contributed by atoms with E-state index in [2.05, 4.69) is 0 Å². The zero-order chi connectivity index (χ0) is 7.40. The summed E-state index contributed by atoms with van der Waals surface area (Å²) in [6.45, 7) is 0. The molecule has 10 heavy (non-hydrogen) atoms. The van der Waals surface area contributed by atoms with Crippen LogP contribution in [0.25, 0.3) is 0 Å². The van der Waals surface area contributed by atoms with Crippen molar-refractivity contribution in [2.24, 2.45) is 0 Å². The summed E-state index contributed by atoms with van der Waals surface area (Å²) in [5.74, 6) is 0.710. The second-order valence-corrected chi connectivity index (χ2v) is 3.11. The predicted octanol–water partition coefficient (Wildman–Crippen LogP) is 1.01. The molecule has 0 aromatic carbocycles. The van der Waals surface area contributed by atoms with Gasteiger partial charge in [-0.3, -0.25) is 0 Å². The van der Waals surface area contributed by atoms with Gasteiger partial charge in [-0.25, -0.2) is 0 Å². The van der Waals surface area contributed by atoms with Crippen molar-refractivity contribution in [2.45, 2.75) is 18.6 Å². The molecule has 0 bridgehead atoms. The highest BCUT2D eigenvalue weighted by Crippen LogP contribution is 2.14. The highest BCUT2D eigenvalue weighted by molar-refractivity contribution is 7.98. The highest BCUT2D eigenvalue weighted by Gasteiger charge is 2.15. The van der Waals surface area contributed by atoms with Gasteiger partial charge in [-0.2, -0.15) is 0 Å². The Morgan fingerprint density at radius 3 is 3.00 bits per heavy atom. The minimum atomic E-state index is -0.285. The number of hydrogen-bond donors (Lipinski definition) is 1. The van der Waals surface area contributed by atoms with E-state index in [-0.39, 0.29) is 12.2 Å². The average molecular weight is 160 g/mol. The Balaban J connectivity index is 2.14. The molecule has 1 aliphatic rings. The lowest BCUT2D eigenvalue weighted by atomic mass is 10.3. The van der Waals surface area contributed by atoms with Crippen LogP contribution in [0.2, 0.25) is 0 Å². The van der Waals surface area contributed by atoms with Gasteiger partial charge in [0.1, 0.15) is 0 Å². The van der Waals surface area contributed by atoms with Gasteiger partial charge in [-0.15, -0.1) is 11.8 Å². The molecule has 0 spiro atoms. The molecule has 0 fully saturated rings. The van der Waals surface area contributed by atoms with Gasteiger partial charge in [0.2, 0.25) is 0 Å². The lowest BCUT2D eigenvalue weighted by Gasteiger charge is -2.08. The summed E-state index contributed by atoms with van der Waals surface area (Å²) in [5, 5.41) is 9.03. The van der Waals surface area contributed by atoms with Crippen molar-refractivity contribution in [1.29, 1.82) is 0 Å². The molecular formula is C7H12O2S. The van der Waals surface area contributed by atoms with E-state index in [1.54, 1.807) is 17.8 Å². The van der Waals surface area contributed by atoms with Crippen LogP contribution in [-0.4, -0.2) is 29.5 Å². The maximum absolute atomic E-state index is 9.03. The number of rotatable bonds is 3. The molecule has 3 heteroatoms. The van der Waals surface area contributed by atoms with Crippen molar-refractivity contribution < 1.29 is 9.84 Å². The second-order valence-electron chi connectivity index (χ2n) is 2.30.